The molecule has 1 aromatic carbocycles. The molecular formula is C16H20N2O2S. The van der Waals surface area contributed by atoms with Crippen molar-refractivity contribution < 1.29 is 4.74 Å². The second-order valence-corrected chi connectivity index (χ2v) is 5.61. The highest BCUT2D eigenvalue weighted by atomic mass is 32.1. The normalized spacial score (nSPS) is 10.9. The summed E-state index contributed by atoms with van der Waals surface area (Å²) >= 11 is 5.01. The summed E-state index contributed by atoms with van der Waals surface area (Å²) in [5.41, 5.74) is 2.59. The van der Waals surface area contributed by atoms with Crippen LogP contribution in [0.1, 0.15) is 37.6 Å². The molecule has 0 saturated carbocycles. The Morgan fingerprint density at radius 3 is 2.43 bits per heavy atom. The molecule has 0 spiro atoms. The van der Waals surface area contributed by atoms with Gasteiger partial charge in [-0.25, -0.2) is 0 Å². The van der Waals surface area contributed by atoms with E-state index in [0.717, 1.165) is 29.0 Å². The fourth-order valence-corrected chi connectivity index (χ4v) is 2.43. The number of aryl methyl sites for hydroxylation is 1. The topological polar surface area (TPSA) is 57.9 Å². The predicted molar refractivity (Wildman–Crippen MR) is 86.6 cm³/mol. The summed E-state index contributed by atoms with van der Waals surface area (Å²) in [7, 11) is 0. The van der Waals surface area contributed by atoms with Crippen molar-refractivity contribution in [3.05, 3.63) is 56.2 Å². The van der Waals surface area contributed by atoms with Crippen molar-refractivity contribution in [2.24, 2.45) is 0 Å². The summed E-state index contributed by atoms with van der Waals surface area (Å²) in [5.74, 6) is 0.839. The lowest BCUT2D eigenvalue weighted by Crippen LogP contribution is -2.18. The lowest BCUT2D eigenvalue weighted by atomic mass is 10.0. The highest BCUT2D eigenvalue weighted by Crippen LogP contribution is 2.16. The first-order valence-corrected chi connectivity index (χ1v) is 7.50. The van der Waals surface area contributed by atoms with Crippen LogP contribution in [0.5, 0.6) is 5.75 Å². The fourth-order valence-electron chi connectivity index (χ4n) is 2.21. The Bertz CT molecular complexity index is 714. The van der Waals surface area contributed by atoms with Crippen LogP contribution in [0.4, 0.5) is 0 Å². The molecule has 0 atom stereocenters. The van der Waals surface area contributed by atoms with E-state index in [1.165, 1.54) is 0 Å². The highest BCUT2D eigenvalue weighted by molar-refractivity contribution is 7.71. The maximum Gasteiger partial charge on any atom is 0.255 e. The average molecular weight is 304 g/mol. The lowest BCUT2D eigenvalue weighted by molar-refractivity contribution is 0.242. The maximum absolute atomic E-state index is 12.1. The first-order valence-electron chi connectivity index (χ1n) is 7.09. The minimum absolute atomic E-state index is 0.113. The summed E-state index contributed by atoms with van der Waals surface area (Å²) < 4.78 is 5.99. The summed E-state index contributed by atoms with van der Waals surface area (Å²) in [5, 5.41) is 0. The number of aromatic amines is 2. The number of hydrogen-bond acceptors (Lipinski definition) is 3. The van der Waals surface area contributed by atoms with Crippen molar-refractivity contribution in [1.29, 1.82) is 0 Å². The van der Waals surface area contributed by atoms with Crippen molar-refractivity contribution in [2.75, 3.05) is 0 Å². The van der Waals surface area contributed by atoms with Gasteiger partial charge in [0.1, 0.15) is 5.75 Å². The number of hydrogen-bond donors (Lipinski definition) is 2. The average Bonchev–Trinajstić information content (AvgIpc) is 2.42. The van der Waals surface area contributed by atoms with Crippen LogP contribution >= 0.6 is 12.2 Å². The van der Waals surface area contributed by atoms with Crippen molar-refractivity contribution in [3.63, 3.8) is 0 Å². The largest absolute Gasteiger partial charge is 0.491 e. The number of H-pyrrole nitrogens is 2. The summed E-state index contributed by atoms with van der Waals surface area (Å²) in [4.78, 5) is 17.8. The van der Waals surface area contributed by atoms with Gasteiger partial charge in [-0.15, -0.1) is 0 Å². The molecule has 5 heteroatoms. The van der Waals surface area contributed by atoms with Gasteiger partial charge < -0.3 is 9.72 Å². The van der Waals surface area contributed by atoms with E-state index in [1.54, 1.807) is 0 Å². The van der Waals surface area contributed by atoms with Crippen molar-refractivity contribution in [1.82, 2.24) is 9.97 Å². The van der Waals surface area contributed by atoms with E-state index in [4.69, 9.17) is 17.0 Å². The summed E-state index contributed by atoms with van der Waals surface area (Å²) in [6, 6.07) is 7.83. The Balaban J connectivity index is 2.26. The number of nitrogens with one attached hydrogen (secondary N) is 2. The Labute approximate surface area is 129 Å². The standard InChI is InChI=1S/C16H20N2O2S/c1-4-14-13(15(19)18-16(21)17-14)9-11-5-7-12(8-6-11)20-10(2)3/h5-8,10H,4,9H2,1-3H3,(H2,17,18,19,21). The van der Waals surface area contributed by atoms with Gasteiger partial charge in [-0.3, -0.25) is 9.78 Å². The molecule has 2 N–H and O–H groups in total. The Morgan fingerprint density at radius 2 is 1.86 bits per heavy atom. The molecule has 1 heterocycles. The second-order valence-electron chi connectivity index (χ2n) is 5.21. The quantitative estimate of drug-likeness (QED) is 0.833. The van der Waals surface area contributed by atoms with Crippen LogP contribution < -0.4 is 10.3 Å². The van der Waals surface area contributed by atoms with Crippen LogP contribution in [-0.2, 0) is 12.8 Å². The molecule has 21 heavy (non-hydrogen) atoms. The molecule has 0 bridgehead atoms. The van der Waals surface area contributed by atoms with Gasteiger partial charge in [-0.1, -0.05) is 19.1 Å². The van der Waals surface area contributed by atoms with E-state index < -0.39 is 0 Å². The third-order valence-corrected chi connectivity index (χ3v) is 3.36. The SMILES string of the molecule is CCc1[nH]c(=S)[nH]c(=O)c1Cc1ccc(OC(C)C)cc1. The van der Waals surface area contributed by atoms with E-state index in [2.05, 4.69) is 9.97 Å². The smallest absolute Gasteiger partial charge is 0.255 e. The molecule has 4 nitrogen and oxygen atoms in total. The minimum atomic E-state index is -0.113. The number of aromatic nitrogens is 2. The lowest BCUT2D eigenvalue weighted by Gasteiger charge is -2.11. The van der Waals surface area contributed by atoms with E-state index >= 15 is 0 Å². The molecule has 1 aromatic heterocycles. The summed E-state index contributed by atoms with van der Waals surface area (Å²) in [6.45, 7) is 5.99. The molecule has 0 aliphatic rings. The molecule has 2 rings (SSSR count). The first kappa shape index (κ1) is 15.5. The van der Waals surface area contributed by atoms with Gasteiger partial charge in [-0.05, 0) is 50.2 Å². The van der Waals surface area contributed by atoms with E-state index in [0.29, 0.717) is 11.2 Å². The Morgan fingerprint density at radius 1 is 1.19 bits per heavy atom. The van der Waals surface area contributed by atoms with Crippen LogP contribution in [0.25, 0.3) is 0 Å². The van der Waals surface area contributed by atoms with Crippen molar-refractivity contribution in [2.45, 2.75) is 39.7 Å². The van der Waals surface area contributed by atoms with Crippen molar-refractivity contribution >= 4 is 12.2 Å². The zero-order chi connectivity index (χ0) is 15.4. The number of rotatable bonds is 5. The Hall–Kier alpha value is -1.88. The molecule has 0 radical (unpaired) electrons. The monoisotopic (exact) mass is 304 g/mol. The number of benzene rings is 1. The van der Waals surface area contributed by atoms with E-state index in [-0.39, 0.29) is 11.7 Å². The minimum Gasteiger partial charge on any atom is -0.491 e. The molecule has 0 saturated heterocycles. The Kier molecular flexibility index (Phi) is 4.96. The third-order valence-electron chi connectivity index (χ3n) is 3.16. The summed E-state index contributed by atoms with van der Waals surface area (Å²) in [6.07, 6.45) is 1.48. The zero-order valence-electron chi connectivity index (χ0n) is 12.5. The molecule has 0 amide bonds. The molecule has 0 unspecified atom stereocenters. The van der Waals surface area contributed by atoms with Gasteiger partial charge in [0.05, 0.1) is 6.10 Å². The van der Waals surface area contributed by atoms with Crippen LogP contribution in [0.15, 0.2) is 29.1 Å². The maximum atomic E-state index is 12.1. The van der Waals surface area contributed by atoms with Gasteiger partial charge >= 0.3 is 0 Å². The highest BCUT2D eigenvalue weighted by Gasteiger charge is 2.08. The van der Waals surface area contributed by atoms with Crippen LogP contribution in [0.2, 0.25) is 0 Å². The van der Waals surface area contributed by atoms with Gasteiger partial charge in [0, 0.05) is 17.7 Å². The van der Waals surface area contributed by atoms with E-state index in [9.17, 15) is 4.79 Å². The molecule has 0 aliphatic heterocycles. The van der Waals surface area contributed by atoms with Crippen LogP contribution in [0, 0.1) is 4.77 Å². The van der Waals surface area contributed by atoms with E-state index in [1.807, 2.05) is 45.0 Å². The first-order chi connectivity index (χ1) is 9.99. The second kappa shape index (κ2) is 6.72. The molecule has 0 fully saturated rings. The van der Waals surface area contributed by atoms with Gasteiger partial charge in [0.15, 0.2) is 4.77 Å². The van der Waals surface area contributed by atoms with Gasteiger partial charge in [-0.2, -0.15) is 0 Å². The van der Waals surface area contributed by atoms with Gasteiger partial charge in [0.25, 0.3) is 5.56 Å². The van der Waals surface area contributed by atoms with Crippen molar-refractivity contribution in [3.8, 4) is 5.75 Å². The molecule has 0 aliphatic carbocycles. The molecule has 2 aromatic rings. The molecule has 112 valence electrons. The predicted octanol–water partition coefficient (Wildman–Crippen LogP) is 3.37. The van der Waals surface area contributed by atoms with Crippen LogP contribution in [-0.4, -0.2) is 16.1 Å². The zero-order valence-corrected chi connectivity index (χ0v) is 13.3. The third kappa shape index (κ3) is 4.04. The fraction of sp³-hybridized carbons (Fsp3) is 0.375. The van der Waals surface area contributed by atoms with Crippen LogP contribution in [0.3, 0.4) is 0 Å². The number of ether oxygens (including phenoxy) is 1. The molecular weight excluding hydrogens is 284 g/mol. The van der Waals surface area contributed by atoms with Gasteiger partial charge in [0.2, 0.25) is 0 Å².